The number of aromatic carboxylic acids is 1. The van der Waals surface area contributed by atoms with Gasteiger partial charge in [0, 0.05) is 28.2 Å². The van der Waals surface area contributed by atoms with Crippen molar-refractivity contribution in [3.05, 3.63) is 95.7 Å². The molecule has 0 spiro atoms. The number of alkyl halides is 2. The SMILES string of the molecule is O=C([O-])c1c[nH]c2ccc(C(F)C(=NOCCF)c3cccc(Oc4ccccc4)c3)cc12.[Na+]. The standard InChI is InChI=1S/C25H20F2N2O4.Na/c26-11-12-32-29-24(17-5-4-8-19(13-17)33-18-6-2-1-3-7-18)23(27)16-9-10-22-20(14-16)21(15-28-22)25(30)31;/h1-10,13-15,23,28H,11-12H2,(H,30,31);/q;+1/p-1. The van der Waals surface area contributed by atoms with Gasteiger partial charge in [-0.3, -0.25) is 0 Å². The maximum absolute atomic E-state index is 15.7. The molecule has 0 saturated heterocycles. The summed E-state index contributed by atoms with van der Waals surface area (Å²) in [6, 6.07) is 20.2. The Hall–Kier alpha value is -3.20. The maximum atomic E-state index is 15.7. The van der Waals surface area contributed by atoms with Gasteiger partial charge in [-0.15, -0.1) is 0 Å². The normalized spacial score (nSPS) is 12.1. The van der Waals surface area contributed by atoms with Gasteiger partial charge in [-0.25, -0.2) is 8.78 Å². The Balaban J connectivity index is 0.00000324. The monoisotopic (exact) mass is 472 g/mol. The molecule has 4 aromatic rings. The number of aromatic nitrogens is 1. The van der Waals surface area contributed by atoms with Crippen molar-refractivity contribution in [1.82, 2.24) is 4.98 Å². The van der Waals surface area contributed by atoms with Gasteiger partial charge in [-0.2, -0.15) is 0 Å². The molecular weight excluding hydrogens is 453 g/mol. The number of hydrogen-bond donors (Lipinski definition) is 1. The summed E-state index contributed by atoms with van der Waals surface area (Å²) in [5.74, 6) is -0.324. The molecule has 1 unspecified atom stereocenters. The number of aromatic amines is 1. The van der Waals surface area contributed by atoms with E-state index in [1.54, 1.807) is 42.5 Å². The fourth-order valence-corrected chi connectivity index (χ4v) is 3.36. The molecule has 3 aromatic carbocycles. The smallest absolute Gasteiger partial charge is 0.545 e. The number of hydrogen-bond acceptors (Lipinski definition) is 5. The Morgan fingerprint density at radius 1 is 1.03 bits per heavy atom. The summed E-state index contributed by atoms with van der Waals surface area (Å²) in [4.78, 5) is 19.1. The number of nitrogens with zero attached hydrogens (tertiary/aromatic N) is 1. The van der Waals surface area contributed by atoms with Crippen LogP contribution in [0.25, 0.3) is 10.9 Å². The maximum Gasteiger partial charge on any atom is 1.00 e. The fraction of sp³-hybridized carbons (Fsp3) is 0.120. The van der Waals surface area contributed by atoms with E-state index in [-0.39, 0.29) is 53.0 Å². The number of carbonyl (C=O) groups is 1. The average Bonchev–Trinajstić information content (AvgIpc) is 3.26. The van der Waals surface area contributed by atoms with Crippen molar-refractivity contribution in [2.45, 2.75) is 6.17 Å². The van der Waals surface area contributed by atoms with Crippen molar-refractivity contribution in [2.75, 3.05) is 13.3 Å². The molecule has 0 bridgehead atoms. The molecule has 0 fully saturated rings. The number of halogens is 2. The predicted molar refractivity (Wildman–Crippen MR) is 118 cm³/mol. The molecule has 1 N–H and O–H groups in total. The molecule has 1 aromatic heterocycles. The first-order valence-corrected chi connectivity index (χ1v) is 10.1. The van der Waals surface area contributed by atoms with Crippen molar-refractivity contribution >= 4 is 22.6 Å². The minimum absolute atomic E-state index is 0. The number of nitrogens with one attached hydrogen (secondary N) is 1. The van der Waals surface area contributed by atoms with Crippen LogP contribution in [0.1, 0.15) is 27.7 Å². The minimum Gasteiger partial charge on any atom is -0.545 e. The number of benzene rings is 3. The minimum atomic E-state index is -1.79. The van der Waals surface area contributed by atoms with Gasteiger partial charge in [0.15, 0.2) is 6.17 Å². The van der Waals surface area contributed by atoms with Gasteiger partial charge in [-0.1, -0.05) is 41.6 Å². The van der Waals surface area contributed by atoms with Crippen LogP contribution in [-0.4, -0.2) is 29.9 Å². The third kappa shape index (κ3) is 5.83. The Bertz CT molecular complexity index is 1290. The van der Waals surface area contributed by atoms with E-state index < -0.39 is 18.8 Å². The van der Waals surface area contributed by atoms with Gasteiger partial charge in [0.2, 0.25) is 0 Å². The van der Waals surface area contributed by atoms with E-state index in [0.29, 0.717) is 28.0 Å². The van der Waals surface area contributed by atoms with Crippen LogP contribution in [-0.2, 0) is 4.84 Å². The van der Waals surface area contributed by atoms with Crippen LogP contribution in [0.15, 0.2) is 84.1 Å². The van der Waals surface area contributed by atoms with Crippen LogP contribution in [0, 0.1) is 0 Å². The molecule has 1 atom stereocenters. The quantitative estimate of drug-likeness (QED) is 0.174. The van der Waals surface area contributed by atoms with Crippen molar-refractivity contribution in [3.63, 3.8) is 0 Å². The van der Waals surface area contributed by atoms with Gasteiger partial charge in [0.05, 0.1) is 5.97 Å². The summed E-state index contributed by atoms with van der Waals surface area (Å²) in [6.07, 6.45) is -0.494. The van der Waals surface area contributed by atoms with Crippen molar-refractivity contribution in [3.8, 4) is 11.5 Å². The molecule has 0 amide bonds. The summed E-state index contributed by atoms with van der Waals surface area (Å²) in [6.45, 7) is -1.11. The van der Waals surface area contributed by atoms with E-state index in [4.69, 9.17) is 9.57 Å². The number of carboxylic acid groups (broad SMARTS) is 1. The number of H-pyrrole nitrogens is 1. The number of oxime groups is 1. The number of fused-ring (bicyclic) bond motifs is 1. The number of para-hydroxylation sites is 1. The Morgan fingerprint density at radius 2 is 1.79 bits per heavy atom. The van der Waals surface area contributed by atoms with Gasteiger partial charge in [0.25, 0.3) is 0 Å². The molecule has 34 heavy (non-hydrogen) atoms. The first-order chi connectivity index (χ1) is 16.1. The molecule has 4 rings (SSSR count). The molecule has 0 saturated carbocycles. The number of ether oxygens (including phenoxy) is 1. The molecule has 1 heterocycles. The van der Waals surface area contributed by atoms with Crippen LogP contribution >= 0.6 is 0 Å². The molecule has 168 valence electrons. The van der Waals surface area contributed by atoms with E-state index in [9.17, 15) is 14.3 Å². The van der Waals surface area contributed by atoms with Gasteiger partial charge in [0.1, 0.15) is 30.5 Å². The zero-order valence-corrected chi connectivity index (χ0v) is 20.3. The van der Waals surface area contributed by atoms with E-state index in [1.807, 2.05) is 18.2 Å². The molecule has 0 aliphatic rings. The van der Waals surface area contributed by atoms with Crippen LogP contribution in [0.2, 0.25) is 0 Å². The van der Waals surface area contributed by atoms with E-state index in [0.717, 1.165) is 0 Å². The van der Waals surface area contributed by atoms with Crippen LogP contribution in [0.4, 0.5) is 8.78 Å². The predicted octanol–water partition coefficient (Wildman–Crippen LogP) is 1.73. The molecule has 6 nitrogen and oxygen atoms in total. The van der Waals surface area contributed by atoms with Gasteiger partial charge < -0.3 is 24.5 Å². The molecular formula is C25H19F2N2NaO4. The van der Waals surface area contributed by atoms with Gasteiger partial charge >= 0.3 is 29.6 Å². The van der Waals surface area contributed by atoms with E-state index in [1.165, 1.54) is 18.3 Å². The number of carboxylic acids is 1. The Kier molecular flexibility index (Phi) is 8.81. The van der Waals surface area contributed by atoms with Crippen molar-refractivity contribution in [2.24, 2.45) is 5.16 Å². The zero-order chi connectivity index (χ0) is 23.2. The number of carbonyl (C=O) groups excluding carboxylic acids is 1. The van der Waals surface area contributed by atoms with Crippen molar-refractivity contribution < 1.29 is 57.8 Å². The Labute approximate surface area is 216 Å². The second-order valence-electron chi connectivity index (χ2n) is 7.10. The van der Waals surface area contributed by atoms with Crippen LogP contribution in [0.5, 0.6) is 11.5 Å². The third-order valence-electron chi connectivity index (χ3n) is 4.90. The summed E-state index contributed by atoms with van der Waals surface area (Å²) < 4.78 is 34.1. The largest absolute Gasteiger partial charge is 1.00 e. The topological polar surface area (TPSA) is 86.7 Å². The fourth-order valence-electron chi connectivity index (χ4n) is 3.36. The summed E-state index contributed by atoms with van der Waals surface area (Å²) >= 11 is 0. The summed E-state index contributed by atoms with van der Waals surface area (Å²) in [7, 11) is 0. The van der Waals surface area contributed by atoms with Gasteiger partial charge in [-0.05, 0) is 42.0 Å². The van der Waals surface area contributed by atoms with Crippen LogP contribution in [0.3, 0.4) is 0 Å². The van der Waals surface area contributed by atoms with Crippen LogP contribution < -0.4 is 39.4 Å². The third-order valence-corrected chi connectivity index (χ3v) is 4.90. The van der Waals surface area contributed by atoms with Crippen molar-refractivity contribution in [1.29, 1.82) is 0 Å². The molecule has 0 radical (unpaired) electrons. The summed E-state index contributed by atoms with van der Waals surface area (Å²) in [5.41, 5.74) is 0.859. The first kappa shape index (κ1) is 25.4. The summed E-state index contributed by atoms with van der Waals surface area (Å²) in [5, 5.41) is 15.5. The second kappa shape index (κ2) is 11.8. The molecule has 9 heteroatoms. The van der Waals surface area contributed by atoms with E-state index in [2.05, 4.69) is 10.1 Å². The molecule has 0 aliphatic carbocycles. The Morgan fingerprint density at radius 3 is 2.53 bits per heavy atom. The van der Waals surface area contributed by atoms with E-state index >= 15 is 4.39 Å². The molecule has 0 aliphatic heterocycles. The zero-order valence-electron chi connectivity index (χ0n) is 18.3. The average molecular weight is 472 g/mol. The first-order valence-electron chi connectivity index (χ1n) is 10.1. The second-order valence-corrected chi connectivity index (χ2v) is 7.10. The number of rotatable bonds is 9.